The number of para-hydroxylation sites is 2. The third kappa shape index (κ3) is 5.36. The van der Waals surface area contributed by atoms with E-state index in [1.54, 1.807) is 0 Å². The van der Waals surface area contributed by atoms with Crippen LogP contribution < -0.4 is 4.90 Å². The maximum absolute atomic E-state index is 2.46. The first kappa shape index (κ1) is 36.4. The molecule has 9 aromatic carbocycles. The molecule has 0 fully saturated rings. The molecule has 1 heterocycles. The van der Waals surface area contributed by atoms with Gasteiger partial charge in [0, 0.05) is 44.4 Å². The van der Waals surface area contributed by atoms with Gasteiger partial charge in [0.25, 0.3) is 0 Å². The van der Waals surface area contributed by atoms with Crippen molar-refractivity contribution in [2.24, 2.45) is 0 Å². The summed E-state index contributed by atoms with van der Waals surface area (Å²) >= 11 is 0. The van der Waals surface area contributed by atoms with E-state index in [0.29, 0.717) is 0 Å². The topological polar surface area (TPSA) is 8.17 Å². The van der Waals surface area contributed by atoms with Crippen LogP contribution in [-0.4, -0.2) is 4.57 Å². The van der Waals surface area contributed by atoms with E-state index in [9.17, 15) is 0 Å². The van der Waals surface area contributed by atoms with Crippen molar-refractivity contribution < 1.29 is 0 Å². The summed E-state index contributed by atoms with van der Waals surface area (Å²) in [5.41, 5.74) is 20.3. The Labute approximate surface area is 363 Å². The van der Waals surface area contributed by atoms with Crippen LogP contribution in [0, 0.1) is 0 Å². The van der Waals surface area contributed by atoms with Crippen molar-refractivity contribution in [2.75, 3.05) is 4.90 Å². The summed E-state index contributed by atoms with van der Waals surface area (Å²) < 4.78 is 2.38. The molecule has 2 aliphatic carbocycles. The predicted octanol–water partition coefficient (Wildman–Crippen LogP) is 16.2. The van der Waals surface area contributed by atoms with Crippen LogP contribution in [0.15, 0.2) is 206 Å². The fourth-order valence-electron chi connectivity index (χ4n) is 11.0. The molecule has 2 aliphatic rings. The largest absolute Gasteiger partial charge is 0.310 e. The molecule has 62 heavy (non-hydrogen) atoms. The lowest BCUT2D eigenvalue weighted by molar-refractivity contribution is 0.694. The lowest BCUT2D eigenvalue weighted by atomic mass is 9.75. The molecule has 0 saturated heterocycles. The molecule has 0 N–H and O–H groups in total. The molecule has 1 aromatic heterocycles. The minimum Gasteiger partial charge on any atom is -0.310 e. The quantitative estimate of drug-likeness (QED) is 0.163. The average molecular weight is 795 g/mol. The van der Waals surface area contributed by atoms with Gasteiger partial charge in [-0.05, 0) is 133 Å². The molecule has 0 amide bonds. The van der Waals surface area contributed by atoms with Crippen molar-refractivity contribution in [3.8, 4) is 27.9 Å². The van der Waals surface area contributed by atoms with Gasteiger partial charge in [0.2, 0.25) is 0 Å². The van der Waals surface area contributed by atoms with E-state index in [2.05, 4.69) is 243 Å². The Bertz CT molecular complexity index is 3430. The van der Waals surface area contributed by atoms with Crippen molar-refractivity contribution in [1.82, 2.24) is 4.57 Å². The van der Waals surface area contributed by atoms with Crippen molar-refractivity contribution >= 4 is 60.8 Å². The molecule has 10 aromatic rings. The minimum atomic E-state index is -0.0955. The maximum atomic E-state index is 2.46. The summed E-state index contributed by atoms with van der Waals surface area (Å²) in [6, 6.07) is 76.1. The van der Waals surface area contributed by atoms with Crippen LogP contribution in [0.3, 0.4) is 0 Å². The van der Waals surface area contributed by atoms with Crippen LogP contribution in [0.1, 0.15) is 49.9 Å². The summed E-state index contributed by atoms with van der Waals surface area (Å²) in [5.74, 6) is 0. The van der Waals surface area contributed by atoms with E-state index in [1.807, 2.05) is 0 Å². The molecule has 0 radical (unpaired) electrons. The fourth-order valence-corrected chi connectivity index (χ4v) is 11.0. The third-order valence-electron chi connectivity index (χ3n) is 13.9. The Morgan fingerprint density at radius 3 is 1.68 bits per heavy atom. The monoisotopic (exact) mass is 794 g/mol. The van der Waals surface area contributed by atoms with Crippen LogP contribution in [-0.2, 0) is 10.8 Å². The van der Waals surface area contributed by atoms with E-state index in [0.717, 1.165) is 22.7 Å². The fraction of sp³-hybridized carbons (Fsp3) is 0.100. The Balaban J connectivity index is 0.966. The van der Waals surface area contributed by atoms with Gasteiger partial charge >= 0.3 is 0 Å². The molecule has 296 valence electrons. The zero-order chi connectivity index (χ0) is 41.7. The highest BCUT2D eigenvalue weighted by molar-refractivity contribution is 6.11. The molecule has 0 unspecified atom stereocenters. The number of rotatable bonds is 6. The van der Waals surface area contributed by atoms with E-state index in [-0.39, 0.29) is 10.8 Å². The van der Waals surface area contributed by atoms with Gasteiger partial charge in [0.15, 0.2) is 0 Å². The number of fused-ring (bicyclic) bond motifs is 8. The molecular weight excluding hydrogens is 749 g/mol. The number of hydrogen-bond donors (Lipinski definition) is 0. The van der Waals surface area contributed by atoms with Crippen LogP contribution in [0.25, 0.3) is 71.7 Å². The second-order valence-corrected chi connectivity index (χ2v) is 18.2. The van der Waals surface area contributed by atoms with E-state index in [1.165, 1.54) is 88.2 Å². The van der Waals surface area contributed by atoms with Crippen LogP contribution in [0.4, 0.5) is 17.1 Å². The van der Waals surface area contributed by atoms with Gasteiger partial charge in [-0.15, -0.1) is 0 Å². The summed E-state index contributed by atoms with van der Waals surface area (Å²) in [7, 11) is 0. The van der Waals surface area contributed by atoms with Gasteiger partial charge in [0.1, 0.15) is 0 Å². The number of hydrogen-bond acceptors (Lipinski definition) is 1. The first-order valence-corrected chi connectivity index (χ1v) is 21.8. The lowest BCUT2D eigenvalue weighted by Gasteiger charge is -2.28. The summed E-state index contributed by atoms with van der Waals surface area (Å²) in [6.45, 7) is 9.62. The van der Waals surface area contributed by atoms with E-state index in [4.69, 9.17) is 0 Å². The number of nitrogens with zero attached hydrogens (tertiary/aromatic N) is 2. The van der Waals surface area contributed by atoms with Gasteiger partial charge in [0.05, 0.1) is 11.0 Å². The van der Waals surface area contributed by atoms with Crippen LogP contribution in [0.2, 0.25) is 0 Å². The van der Waals surface area contributed by atoms with Crippen LogP contribution >= 0.6 is 0 Å². The van der Waals surface area contributed by atoms with Crippen molar-refractivity contribution in [2.45, 2.75) is 38.5 Å². The van der Waals surface area contributed by atoms with Gasteiger partial charge in [-0.2, -0.15) is 0 Å². The van der Waals surface area contributed by atoms with Crippen molar-refractivity contribution in [3.05, 3.63) is 229 Å². The first-order chi connectivity index (χ1) is 30.3. The second kappa shape index (κ2) is 13.5. The van der Waals surface area contributed by atoms with Crippen molar-refractivity contribution in [3.63, 3.8) is 0 Å². The number of anilines is 3. The first-order valence-electron chi connectivity index (χ1n) is 21.8. The molecule has 12 rings (SSSR count). The smallest absolute Gasteiger partial charge is 0.0542 e. The Hall–Kier alpha value is -7.42. The molecule has 0 aliphatic heterocycles. The zero-order valence-electron chi connectivity index (χ0n) is 35.5. The SMILES string of the molecule is CC1(C)C2=C(c3ccccc31)C(C)(C)c1cc(-c3ccc(N(c4ccc(-c5cccc6ccccc56)cc4)c4ccc5c(c4)c4ccccc4n5-c4ccccc4)cc3)ccc12. The lowest BCUT2D eigenvalue weighted by Crippen LogP contribution is -2.19. The molecule has 0 bridgehead atoms. The highest BCUT2D eigenvalue weighted by Gasteiger charge is 2.49. The standard InChI is InChI=1S/C60H46N2/c1-59(2)53-23-12-10-21-50(53)57-58(59)51-35-29-42(37-54(51)60(57,3)4)39-25-30-44(31-26-39)61(45-32-27-41(28-33-45)48-22-14-16-40-15-8-9-19-47(40)48)46-34-36-56-52(38-46)49-20-11-13-24-55(49)62(56)43-17-6-5-7-18-43/h5-38H,1-4H3. The molecular formula is C60H46N2. The third-order valence-corrected chi connectivity index (χ3v) is 13.9. The Morgan fingerprint density at radius 1 is 0.355 bits per heavy atom. The normalized spacial score (nSPS) is 14.6. The molecule has 2 heteroatoms. The molecule has 0 spiro atoms. The summed E-state index contributed by atoms with van der Waals surface area (Å²) in [6.07, 6.45) is 0. The zero-order valence-corrected chi connectivity index (χ0v) is 35.5. The van der Waals surface area contributed by atoms with Crippen LogP contribution in [0.5, 0.6) is 0 Å². The van der Waals surface area contributed by atoms with Gasteiger partial charge in [-0.1, -0.05) is 167 Å². The average Bonchev–Trinajstić information content (AvgIpc) is 3.87. The highest BCUT2D eigenvalue weighted by Crippen LogP contribution is 2.62. The summed E-state index contributed by atoms with van der Waals surface area (Å²) in [4.78, 5) is 2.41. The highest BCUT2D eigenvalue weighted by atomic mass is 15.1. The van der Waals surface area contributed by atoms with Gasteiger partial charge in [-0.25, -0.2) is 0 Å². The Kier molecular flexibility index (Phi) is 7.96. The van der Waals surface area contributed by atoms with Gasteiger partial charge < -0.3 is 9.47 Å². The molecule has 2 nitrogen and oxygen atoms in total. The predicted molar refractivity (Wildman–Crippen MR) is 263 cm³/mol. The Morgan fingerprint density at radius 2 is 0.903 bits per heavy atom. The van der Waals surface area contributed by atoms with E-state index >= 15 is 0 Å². The number of benzene rings is 9. The van der Waals surface area contributed by atoms with E-state index < -0.39 is 0 Å². The minimum absolute atomic E-state index is 0.0341. The summed E-state index contributed by atoms with van der Waals surface area (Å²) in [5, 5.41) is 4.98. The second-order valence-electron chi connectivity index (χ2n) is 18.2. The molecule has 0 atom stereocenters. The maximum Gasteiger partial charge on any atom is 0.0542 e. The number of aromatic nitrogens is 1. The molecule has 0 saturated carbocycles. The van der Waals surface area contributed by atoms with Crippen molar-refractivity contribution in [1.29, 1.82) is 0 Å². The number of allylic oxidation sites excluding steroid dienone is 2. The van der Waals surface area contributed by atoms with Gasteiger partial charge in [-0.3, -0.25) is 0 Å².